The lowest BCUT2D eigenvalue weighted by atomic mass is 10.2. The standard InChI is InChI=1S/C19H20ClN3O2S3/c1-13-12-26-19(21-13)17-11-18(14(2)27-17)28(24,25)23-8-6-22(7-9-23)16-5-3-4-15(20)10-16/h3-5,10-12H,6-9H2,1-2H3. The van der Waals surface area contributed by atoms with Gasteiger partial charge in [-0.1, -0.05) is 17.7 Å². The molecule has 1 aliphatic heterocycles. The zero-order chi connectivity index (χ0) is 19.9. The molecule has 0 aliphatic carbocycles. The molecule has 1 aliphatic rings. The van der Waals surface area contributed by atoms with E-state index < -0.39 is 10.0 Å². The van der Waals surface area contributed by atoms with Crippen molar-refractivity contribution in [2.45, 2.75) is 18.7 Å². The number of nitrogens with zero attached hydrogens (tertiary/aromatic N) is 3. The number of hydrogen-bond donors (Lipinski definition) is 0. The van der Waals surface area contributed by atoms with Crippen molar-refractivity contribution in [3.8, 4) is 9.88 Å². The predicted octanol–water partition coefficient (Wildman–Crippen LogP) is 4.65. The van der Waals surface area contributed by atoms with Crippen molar-refractivity contribution in [3.05, 3.63) is 51.3 Å². The molecule has 28 heavy (non-hydrogen) atoms. The number of halogens is 1. The van der Waals surface area contributed by atoms with Gasteiger partial charge in [-0.15, -0.1) is 22.7 Å². The summed E-state index contributed by atoms with van der Waals surface area (Å²) in [4.78, 5) is 8.77. The normalized spacial score (nSPS) is 15.9. The van der Waals surface area contributed by atoms with Gasteiger partial charge in [-0.05, 0) is 38.1 Å². The highest BCUT2D eigenvalue weighted by molar-refractivity contribution is 7.89. The molecule has 0 N–H and O–H groups in total. The smallest absolute Gasteiger partial charge is 0.244 e. The minimum absolute atomic E-state index is 0.400. The van der Waals surface area contributed by atoms with Crippen molar-refractivity contribution in [2.24, 2.45) is 0 Å². The van der Waals surface area contributed by atoms with E-state index in [2.05, 4.69) is 9.88 Å². The topological polar surface area (TPSA) is 53.5 Å². The number of sulfonamides is 1. The van der Waals surface area contributed by atoms with Crippen molar-refractivity contribution in [3.63, 3.8) is 0 Å². The summed E-state index contributed by atoms with van der Waals surface area (Å²) in [5, 5.41) is 3.54. The summed E-state index contributed by atoms with van der Waals surface area (Å²) in [5.74, 6) is 0. The van der Waals surface area contributed by atoms with Crippen LogP contribution < -0.4 is 4.90 Å². The molecule has 9 heteroatoms. The maximum Gasteiger partial charge on any atom is 0.244 e. The number of aryl methyl sites for hydroxylation is 2. The number of anilines is 1. The molecule has 2 aromatic heterocycles. The summed E-state index contributed by atoms with van der Waals surface area (Å²) in [6, 6.07) is 9.44. The van der Waals surface area contributed by atoms with E-state index >= 15 is 0 Å². The van der Waals surface area contributed by atoms with Crippen LogP contribution in [0.3, 0.4) is 0 Å². The second-order valence-corrected chi connectivity index (χ2v) is 11.2. The molecule has 0 radical (unpaired) electrons. The summed E-state index contributed by atoms with van der Waals surface area (Å²) >= 11 is 9.11. The number of thiophene rings is 1. The first kappa shape index (κ1) is 19.8. The molecule has 4 rings (SSSR count). The minimum Gasteiger partial charge on any atom is -0.369 e. The van der Waals surface area contributed by atoms with Gasteiger partial charge in [0.1, 0.15) is 5.01 Å². The number of thiazole rings is 1. The molecule has 1 fully saturated rings. The molecule has 148 valence electrons. The van der Waals surface area contributed by atoms with E-state index in [0.717, 1.165) is 26.1 Å². The fourth-order valence-electron chi connectivity index (χ4n) is 3.29. The highest BCUT2D eigenvalue weighted by Gasteiger charge is 2.31. The van der Waals surface area contributed by atoms with E-state index in [4.69, 9.17) is 11.6 Å². The lowest BCUT2D eigenvalue weighted by molar-refractivity contribution is 0.385. The van der Waals surface area contributed by atoms with Crippen molar-refractivity contribution < 1.29 is 8.42 Å². The Balaban J connectivity index is 1.53. The molecule has 1 aromatic carbocycles. The van der Waals surface area contributed by atoms with Crippen molar-refractivity contribution in [2.75, 3.05) is 31.1 Å². The second kappa shape index (κ2) is 7.76. The largest absolute Gasteiger partial charge is 0.369 e. The number of hydrogen-bond acceptors (Lipinski definition) is 6. The van der Waals surface area contributed by atoms with Crippen LogP contribution in [-0.4, -0.2) is 43.9 Å². The maximum absolute atomic E-state index is 13.2. The summed E-state index contributed by atoms with van der Waals surface area (Å²) < 4.78 is 28.0. The Morgan fingerprint density at radius 3 is 2.50 bits per heavy atom. The van der Waals surface area contributed by atoms with Gasteiger partial charge in [-0.2, -0.15) is 4.31 Å². The van der Waals surface area contributed by atoms with E-state index in [9.17, 15) is 8.42 Å². The fourth-order valence-corrected chi connectivity index (χ4v) is 7.32. The zero-order valence-corrected chi connectivity index (χ0v) is 18.8. The monoisotopic (exact) mass is 453 g/mol. The fraction of sp³-hybridized carbons (Fsp3) is 0.316. The molecule has 0 unspecified atom stereocenters. The summed E-state index contributed by atoms with van der Waals surface area (Å²) in [6.45, 7) is 6.00. The maximum atomic E-state index is 13.2. The van der Waals surface area contributed by atoms with Crippen LogP contribution in [0.1, 0.15) is 10.6 Å². The van der Waals surface area contributed by atoms with Gasteiger partial charge in [0, 0.05) is 52.8 Å². The van der Waals surface area contributed by atoms with Gasteiger partial charge in [0.15, 0.2) is 0 Å². The van der Waals surface area contributed by atoms with Crippen LogP contribution in [0, 0.1) is 13.8 Å². The molecule has 0 bridgehead atoms. The van der Waals surface area contributed by atoms with Crippen LogP contribution in [0.15, 0.2) is 40.6 Å². The van der Waals surface area contributed by atoms with Crippen LogP contribution in [0.25, 0.3) is 9.88 Å². The Kier molecular flexibility index (Phi) is 5.50. The molecule has 3 heterocycles. The zero-order valence-electron chi connectivity index (χ0n) is 15.6. The molecule has 5 nitrogen and oxygen atoms in total. The average Bonchev–Trinajstić information content (AvgIpc) is 3.28. The Morgan fingerprint density at radius 2 is 1.86 bits per heavy atom. The molecule has 0 saturated carbocycles. The van der Waals surface area contributed by atoms with Gasteiger partial charge in [0.2, 0.25) is 10.0 Å². The van der Waals surface area contributed by atoms with Gasteiger partial charge < -0.3 is 4.90 Å². The predicted molar refractivity (Wildman–Crippen MR) is 117 cm³/mol. The highest BCUT2D eigenvalue weighted by atomic mass is 35.5. The molecule has 0 amide bonds. The summed E-state index contributed by atoms with van der Waals surface area (Å²) in [5.41, 5.74) is 1.98. The first-order valence-corrected chi connectivity index (χ1v) is 12.4. The summed E-state index contributed by atoms with van der Waals surface area (Å²) in [7, 11) is -3.52. The molecular weight excluding hydrogens is 434 g/mol. The van der Waals surface area contributed by atoms with Gasteiger partial charge in [-0.25, -0.2) is 13.4 Å². The average molecular weight is 454 g/mol. The van der Waals surface area contributed by atoms with Crippen molar-refractivity contribution in [1.82, 2.24) is 9.29 Å². The molecule has 1 saturated heterocycles. The van der Waals surface area contributed by atoms with Gasteiger partial charge in [0.25, 0.3) is 0 Å². The van der Waals surface area contributed by atoms with Crippen LogP contribution in [0.4, 0.5) is 5.69 Å². The molecular formula is C19H20ClN3O2S3. The van der Waals surface area contributed by atoms with Crippen molar-refractivity contribution >= 4 is 50.0 Å². The Bertz CT molecular complexity index is 1100. The minimum atomic E-state index is -3.52. The first-order valence-electron chi connectivity index (χ1n) is 8.88. The van der Waals surface area contributed by atoms with E-state index in [1.54, 1.807) is 21.7 Å². The number of aromatic nitrogens is 1. The lowest BCUT2D eigenvalue weighted by Gasteiger charge is -2.35. The van der Waals surface area contributed by atoms with Crippen LogP contribution in [-0.2, 0) is 10.0 Å². The third-order valence-corrected chi connectivity index (χ3v) is 9.30. The lowest BCUT2D eigenvalue weighted by Crippen LogP contribution is -2.48. The van der Waals surface area contributed by atoms with E-state index in [1.165, 1.54) is 11.3 Å². The number of benzene rings is 1. The third kappa shape index (κ3) is 3.84. The highest BCUT2D eigenvalue weighted by Crippen LogP contribution is 2.36. The SMILES string of the molecule is Cc1csc(-c2cc(S(=O)(=O)N3CCN(c4cccc(Cl)c4)CC3)c(C)s2)n1. The first-order chi connectivity index (χ1) is 13.3. The number of piperazine rings is 1. The van der Waals surface area contributed by atoms with Gasteiger partial charge in [0.05, 0.1) is 9.77 Å². The third-order valence-electron chi connectivity index (χ3n) is 4.73. The van der Waals surface area contributed by atoms with Crippen molar-refractivity contribution in [1.29, 1.82) is 0 Å². The van der Waals surface area contributed by atoms with Gasteiger partial charge >= 0.3 is 0 Å². The molecule has 0 atom stereocenters. The van der Waals surface area contributed by atoms with Crippen LogP contribution in [0.2, 0.25) is 5.02 Å². The van der Waals surface area contributed by atoms with E-state index in [1.807, 2.05) is 43.5 Å². The molecule has 3 aromatic rings. The van der Waals surface area contributed by atoms with E-state index in [-0.39, 0.29) is 0 Å². The number of rotatable bonds is 4. The van der Waals surface area contributed by atoms with Crippen LogP contribution >= 0.6 is 34.3 Å². The van der Waals surface area contributed by atoms with Crippen LogP contribution in [0.5, 0.6) is 0 Å². The Morgan fingerprint density at radius 1 is 1.11 bits per heavy atom. The second-order valence-electron chi connectivity index (χ2n) is 6.70. The Labute approximate surface area is 178 Å². The quantitative estimate of drug-likeness (QED) is 0.576. The van der Waals surface area contributed by atoms with E-state index in [0.29, 0.717) is 36.1 Å². The van der Waals surface area contributed by atoms with Gasteiger partial charge in [-0.3, -0.25) is 0 Å². The Hall–Kier alpha value is -1.45. The summed E-state index contributed by atoms with van der Waals surface area (Å²) in [6.07, 6.45) is 0. The molecule has 0 spiro atoms.